The predicted octanol–water partition coefficient (Wildman–Crippen LogP) is 3.36. The van der Waals surface area contributed by atoms with Crippen LogP contribution >= 0.6 is 0 Å². The number of carboxylic acids is 1. The van der Waals surface area contributed by atoms with E-state index >= 15 is 0 Å². The van der Waals surface area contributed by atoms with Crippen molar-refractivity contribution in [1.82, 2.24) is 0 Å². The number of ether oxygens (including phenoxy) is 2. The zero-order valence-corrected chi connectivity index (χ0v) is 15.4. The summed E-state index contributed by atoms with van der Waals surface area (Å²) in [6, 6.07) is 14.2. The number of carbonyl (C=O) groups is 1. The molecule has 0 aromatic heterocycles. The second kappa shape index (κ2) is 7.16. The number of anilines is 1. The molecule has 0 saturated carbocycles. The zero-order chi connectivity index (χ0) is 19.6. The van der Waals surface area contributed by atoms with Gasteiger partial charge in [-0.25, -0.2) is 13.2 Å². The minimum atomic E-state index is -4.10. The maximum atomic E-state index is 12.9. The Morgan fingerprint density at radius 2 is 1.74 bits per heavy atom. The van der Waals surface area contributed by atoms with Crippen molar-refractivity contribution in [3.05, 3.63) is 60.2 Å². The van der Waals surface area contributed by atoms with Crippen molar-refractivity contribution in [2.24, 2.45) is 0 Å². The fourth-order valence-corrected chi connectivity index (χ4v) is 4.01. The summed E-state index contributed by atoms with van der Waals surface area (Å²) in [5, 5.41) is 10.8. The Hall–Kier alpha value is -3.26. The number of methoxy groups -OCH3 is 2. The second-order valence-electron chi connectivity index (χ2n) is 5.64. The molecule has 3 aromatic carbocycles. The van der Waals surface area contributed by atoms with Gasteiger partial charge in [0.25, 0.3) is 10.0 Å². The van der Waals surface area contributed by atoms with E-state index in [9.17, 15) is 18.3 Å². The summed E-state index contributed by atoms with van der Waals surface area (Å²) in [4.78, 5) is 11.7. The van der Waals surface area contributed by atoms with Crippen molar-refractivity contribution < 1.29 is 27.8 Å². The summed E-state index contributed by atoms with van der Waals surface area (Å²) in [5.74, 6) is -0.714. The van der Waals surface area contributed by atoms with Crippen LogP contribution in [0.2, 0.25) is 0 Å². The Kier molecular flexibility index (Phi) is 4.91. The largest absolute Gasteiger partial charge is 0.497 e. The molecule has 0 fully saturated rings. The maximum Gasteiger partial charge on any atom is 0.338 e. The number of aromatic carboxylic acids is 1. The number of nitrogens with one attached hydrogen (secondary N) is 1. The van der Waals surface area contributed by atoms with Gasteiger partial charge in [0.1, 0.15) is 16.4 Å². The molecule has 0 amide bonds. The van der Waals surface area contributed by atoms with Gasteiger partial charge in [-0.2, -0.15) is 0 Å². The van der Waals surface area contributed by atoms with Gasteiger partial charge in [0.15, 0.2) is 0 Å². The van der Waals surface area contributed by atoms with Gasteiger partial charge in [-0.1, -0.05) is 30.3 Å². The summed E-state index contributed by atoms with van der Waals surface area (Å²) in [6.07, 6.45) is 0. The summed E-state index contributed by atoms with van der Waals surface area (Å²) in [5.41, 5.74) is -0.150. The lowest BCUT2D eigenvalue weighted by molar-refractivity contribution is 0.0700. The first-order valence-electron chi connectivity index (χ1n) is 7.87. The van der Waals surface area contributed by atoms with Gasteiger partial charge < -0.3 is 14.6 Å². The van der Waals surface area contributed by atoms with Crippen LogP contribution in [-0.2, 0) is 10.0 Å². The second-order valence-corrected chi connectivity index (χ2v) is 7.29. The normalized spacial score (nSPS) is 11.2. The minimum Gasteiger partial charge on any atom is -0.497 e. The van der Waals surface area contributed by atoms with Gasteiger partial charge in [0, 0.05) is 6.07 Å². The van der Waals surface area contributed by atoms with Crippen molar-refractivity contribution in [3.63, 3.8) is 0 Å². The van der Waals surface area contributed by atoms with Crippen LogP contribution in [0.15, 0.2) is 59.5 Å². The zero-order valence-electron chi connectivity index (χ0n) is 14.6. The molecule has 0 aliphatic heterocycles. The van der Waals surface area contributed by atoms with Gasteiger partial charge in [-0.15, -0.1) is 0 Å². The summed E-state index contributed by atoms with van der Waals surface area (Å²) < 4.78 is 38.3. The van der Waals surface area contributed by atoms with Crippen molar-refractivity contribution in [2.45, 2.75) is 4.90 Å². The lowest BCUT2D eigenvalue weighted by atomic mass is 10.0. The predicted molar refractivity (Wildman–Crippen MR) is 101 cm³/mol. The Labute approximate surface area is 156 Å². The van der Waals surface area contributed by atoms with Crippen molar-refractivity contribution in [3.8, 4) is 11.5 Å². The maximum absolute atomic E-state index is 12.9. The van der Waals surface area contributed by atoms with E-state index in [1.807, 2.05) is 0 Å². The third-order valence-corrected chi connectivity index (χ3v) is 5.45. The van der Waals surface area contributed by atoms with E-state index in [2.05, 4.69) is 4.72 Å². The van der Waals surface area contributed by atoms with E-state index < -0.39 is 16.0 Å². The van der Waals surface area contributed by atoms with Gasteiger partial charge >= 0.3 is 5.97 Å². The molecule has 0 heterocycles. The van der Waals surface area contributed by atoms with Crippen LogP contribution in [-0.4, -0.2) is 33.7 Å². The third-order valence-electron chi connectivity index (χ3n) is 4.05. The Balaban J connectivity index is 2.12. The number of fused-ring (bicyclic) bond motifs is 1. The number of sulfonamides is 1. The molecule has 0 spiro atoms. The molecule has 0 saturated heterocycles. The first-order chi connectivity index (χ1) is 12.9. The van der Waals surface area contributed by atoms with Crippen LogP contribution in [0.5, 0.6) is 11.5 Å². The Morgan fingerprint density at radius 3 is 2.41 bits per heavy atom. The molecule has 140 valence electrons. The van der Waals surface area contributed by atoms with E-state index in [1.165, 1.54) is 38.5 Å². The van der Waals surface area contributed by atoms with Gasteiger partial charge in [-0.05, 0) is 29.0 Å². The quantitative estimate of drug-likeness (QED) is 0.672. The van der Waals surface area contributed by atoms with Gasteiger partial charge in [0.05, 0.1) is 25.5 Å². The number of hydrogen-bond donors (Lipinski definition) is 2. The highest BCUT2D eigenvalue weighted by atomic mass is 32.2. The molecule has 0 unspecified atom stereocenters. The van der Waals surface area contributed by atoms with Crippen LogP contribution in [0.4, 0.5) is 5.69 Å². The molecular formula is C19H17NO6S. The summed E-state index contributed by atoms with van der Waals surface area (Å²) in [6.45, 7) is 0. The molecule has 3 aromatic rings. The fourth-order valence-electron chi connectivity index (χ4n) is 2.78. The number of benzene rings is 3. The molecular weight excluding hydrogens is 370 g/mol. The van der Waals surface area contributed by atoms with Gasteiger partial charge in [0.2, 0.25) is 0 Å². The van der Waals surface area contributed by atoms with Crippen LogP contribution in [0, 0.1) is 0 Å². The smallest absolute Gasteiger partial charge is 0.338 e. The highest BCUT2D eigenvalue weighted by Crippen LogP contribution is 2.32. The monoisotopic (exact) mass is 387 g/mol. The Bertz CT molecular complexity index is 1120. The van der Waals surface area contributed by atoms with E-state index in [0.29, 0.717) is 16.5 Å². The first-order valence-corrected chi connectivity index (χ1v) is 9.35. The van der Waals surface area contributed by atoms with E-state index in [4.69, 9.17) is 9.47 Å². The lowest BCUT2D eigenvalue weighted by Crippen LogP contribution is -2.16. The third kappa shape index (κ3) is 3.52. The van der Waals surface area contributed by atoms with Crippen molar-refractivity contribution in [1.29, 1.82) is 0 Å². The molecule has 0 aliphatic rings. The van der Waals surface area contributed by atoms with Crippen LogP contribution < -0.4 is 14.2 Å². The molecule has 0 aliphatic carbocycles. The van der Waals surface area contributed by atoms with Gasteiger partial charge in [-0.3, -0.25) is 4.72 Å². The standard InChI is InChI=1S/C19H17NO6S/c1-25-13-8-10-17(16(11-13)26-2)27(23,24)20-15-9-7-12-5-3-4-6-14(12)18(15)19(21)22/h3-11,20H,1-2H3,(H,21,22). The molecule has 8 heteroatoms. The summed E-state index contributed by atoms with van der Waals surface area (Å²) in [7, 11) is -1.31. The highest BCUT2D eigenvalue weighted by Gasteiger charge is 2.24. The Morgan fingerprint density at radius 1 is 1.00 bits per heavy atom. The number of rotatable bonds is 6. The summed E-state index contributed by atoms with van der Waals surface area (Å²) >= 11 is 0. The lowest BCUT2D eigenvalue weighted by Gasteiger charge is -2.15. The molecule has 0 atom stereocenters. The molecule has 7 nitrogen and oxygen atoms in total. The van der Waals surface area contributed by atoms with Crippen molar-refractivity contribution >= 4 is 32.5 Å². The van der Waals surface area contributed by atoms with E-state index in [-0.39, 0.29) is 21.9 Å². The molecule has 3 rings (SSSR count). The first kappa shape index (κ1) is 18.5. The van der Waals surface area contributed by atoms with E-state index in [1.54, 1.807) is 30.3 Å². The average Bonchev–Trinajstić information content (AvgIpc) is 2.66. The molecule has 0 radical (unpaired) electrons. The van der Waals surface area contributed by atoms with Crippen LogP contribution in [0.1, 0.15) is 10.4 Å². The molecule has 27 heavy (non-hydrogen) atoms. The van der Waals surface area contributed by atoms with Crippen LogP contribution in [0.25, 0.3) is 10.8 Å². The molecule has 2 N–H and O–H groups in total. The SMILES string of the molecule is COc1ccc(S(=O)(=O)Nc2ccc3ccccc3c2C(=O)O)c(OC)c1. The fraction of sp³-hybridized carbons (Fsp3) is 0.105. The van der Waals surface area contributed by atoms with Crippen LogP contribution in [0.3, 0.4) is 0 Å². The average molecular weight is 387 g/mol. The van der Waals surface area contributed by atoms with E-state index in [0.717, 1.165) is 0 Å². The molecule has 0 bridgehead atoms. The minimum absolute atomic E-state index is 0.0286. The number of hydrogen-bond acceptors (Lipinski definition) is 5. The number of carboxylic acid groups (broad SMARTS) is 1. The topological polar surface area (TPSA) is 102 Å². The highest BCUT2D eigenvalue weighted by molar-refractivity contribution is 7.92. The van der Waals surface area contributed by atoms with Crippen molar-refractivity contribution in [2.75, 3.05) is 18.9 Å².